The molecule has 10 heavy (non-hydrogen) atoms. The Bertz CT molecular complexity index is 210. The van der Waals surface area contributed by atoms with Gasteiger partial charge in [-0.3, -0.25) is 4.98 Å². The Balaban J connectivity index is 2.75. The lowest BCUT2D eigenvalue weighted by atomic mass is 10.2. The van der Waals surface area contributed by atoms with Crippen LogP contribution in [0.4, 0.5) is 0 Å². The van der Waals surface area contributed by atoms with E-state index in [1.54, 1.807) is 0 Å². The van der Waals surface area contributed by atoms with Gasteiger partial charge in [0.25, 0.3) is 0 Å². The predicted octanol–water partition coefficient (Wildman–Crippen LogP) is 1.86. The fourth-order valence-corrected chi connectivity index (χ4v) is 1.15. The first kappa shape index (κ1) is 7.61. The highest BCUT2D eigenvalue weighted by molar-refractivity contribution is 7.80. The predicted molar refractivity (Wildman–Crippen MR) is 46.5 cm³/mol. The van der Waals surface area contributed by atoms with Gasteiger partial charge < -0.3 is 0 Å². The van der Waals surface area contributed by atoms with Crippen molar-refractivity contribution in [1.29, 1.82) is 0 Å². The second-order valence-electron chi connectivity index (χ2n) is 2.28. The summed E-state index contributed by atoms with van der Waals surface area (Å²) in [5.74, 6) is 0.906. The summed E-state index contributed by atoms with van der Waals surface area (Å²) < 4.78 is 0. The highest BCUT2D eigenvalue weighted by Crippen LogP contribution is 2.01. The summed E-state index contributed by atoms with van der Waals surface area (Å²) in [6, 6.07) is 4.12. The number of rotatable bonds is 2. The molecule has 0 unspecified atom stereocenters. The van der Waals surface area contributed by atoms with Crippen LogP contribution in [-0.4, -0.2) is 10.7 Å². The van der Waals surface area contributed by atoms with E-state index in [0.29, 0.717) is 0 Å². The van der Waals surface area contributed by atoms with Crippen LogP contribution in [0, 0.1) is 6.92 Å². The molecule has 0 saturated heterocycles. The molecule has 1 rings (SSSR count). The third-order valence-electron chi connectivity index (χ3n) is 1.36. The van der Waals surface area contributed by atoms with Crippen molar-refractivity contribution in [3.05, 3.63) is 29.6 Å². The SMILES string of the molecule is Cc1cc(CCS)ccn1. The quantitative estimate of drug-likeness (QED) is 0.640. The Kier molecular flexibility index (Phi) is 2.75. The molecule has 0 N–H and O–H groups in total. The Labute approximate surface area is 66.9 Å². The molecule has 0 atom stereocenters. The second-order valence-corrected chi connectivity index (χ2v) is 2.73. The molecule has 0 aliphatic rings. The summed E-state index contributed by atoms with van der Waals surface area (Å²) in [4.78, 5) is 4.10. The molecule has 1 aromatic heterocycles. The van der Waals surface area contributed by atoms with Gasteiger partial charge in [0.05, 0.1) is 0 Å². The number of nitrogens with zero attached hydrogens (tertiary/aromatic N) is 1. The van der Waals surface area contributed by atoms with E-state index in [2.05, 4.69) is 23.7 Å². The van der Waals surface area contributed by atoms with Crippen molar-refractivity contribution in [2.45, 2.75) is 13.3 Å². The highest BCUT2D eigenvalue weighted by Gasteiger charge is 1.90. The fraction of sp³-hybridized carbons (Fsp3) is 0.375. The summed E-state index contributed by atoms with van der Waals surface area (Å²) in [5.41, 5.74) is 2.40. The molecule has 0 bridgehead atoms. The van der Waals surface area contributed by atoms with Crippen molar-refractivity contribution < 1.29 is 0 Å². The van der Waals surface area contributed by atoms with Crippen LogP contribution in [-0.2, 0) is 6.42 Å². The van der Waals surface area contributed by atoms with Crippen molar-refractivity contribution >= 4 is 12.6 Å². The number of hydrogen-bond donors (Lipinski definition) is 1. The molecule has 2 heteroatoms. The number of pyridine rings is 1. The molecule has 0 amide bonds. The first-order valence-corrected chi connectivity index (χ1v) is 3.98. The summed E-state index contributed by atoms with van der Waals surface area (Å²) in [5, 5.41) is 0. The van der Waals surface area contributed by atoms with E-state index in [1.165, 1.54) is 5.56 Å². The molecule has 0 radical (unpaired) electrons. The zero-order valence-electron chi connectivity index (χ0n) is 6.04. The number of aryl methyl sites for hydroxylation is 2. The lowest BCUT2D eigenvalue weighted by Gasteiger charge is -1.97. The van der Waals surface area contributed by atoms with Crippen molar-refractivity contribution in [2.24, 2.45) is 0 Å². The van der Waals surface area contributed by atoms with Crippen LogP contribution < -0.4 is 0 Å². The smallest absolute Gasteiger partial charge is 0.0375 e. The third kappa shape index (κ3) is 2.03. The van der Waals surface area contributed by atoms with Gasteiger partial charge in [0, 0.05) is 11.9 Å². The first-order valence-electron chi connectivity index (χ1n) is 3.35. The maximum absolute atomic E-state index is 4.15. The van der Waals surface area contributed by atoms with E-state index in [4.69, 9.17) is 0 Å². The maximum atomic E-state index is 4.15. The standard InChI is InChI=1S/C8H11NS/c1-7-6-8(3-5-10)2-4-9-7/h2,4,6,10H,3,5H2,1H3. The zero-order chi connectivity index (χ0) is 7.40. The molecule has 1 aromatic rings. The van der Waals surface area contributed by atoms with Crippen LogP contribution in [0.25, 0.3) is 0 Å². The van der Waals surface area contributed by atoms with Gasteiger partial charge >= 0.3 is 0 Å². The minimum Gasteiger partial charge on any atom is -0.262 e. The normalized spacial score (nSPS) is 9.80. The molecule has 0 aliphatic carbocycles. The van der Waals surface area contributed by atoms with Gasteiger partial charge in [-0.25, -0.2) is 0 Å². The summed E-state index contributed by atoms with van der Waals surface area (Å²) in [6.07, 6.45) is 2.88. The lowest BCUT2D eigenvalue weighted by Crippen LogP contribution is -1.88. The largest absolute Gasteiger partial charge is 0.262 e. The monoisotopic (exact) mass is 153 g/mol. The van der Waals surface area contributed by atoms with Gasteiger partial charge in [-0.1, -0.05) is 0 Å². The molecule has 0 aliphatic heterocycles. The average Bonchev–Trinajstić information content (AvgIpc) is 1.88. The van der Waals surface area contributed by atoms with Crippen molar-refractivity contribution in [3.8, 4) is 0 Å². The van der Waals surface area contributed by atoms with E-state index >= 15 is 0 Å². The Morgan fingerprint density at radius 2 is 2.40 bits per heavy atom. The van der Waals surface area contributed by atoms with Crippen molar-refractivity contribution in [2.75, 3.05) is 5.75 Å². The third-order valence-corrected chi connectivity index (χ3v) is 1.59. The van der Waals surface area contributed by atoms with Gasteiger partial charge in [-0.2, -0.15) is 12.6 Å². The number of aromatic nitrogens is 1. The van der Waals surface area contributed by atoms with Gasteiger partial charge in [0.2, 0.25) is 0 Å². The van der Waals surface area contributed by atoms with Crippen LogP contribution in [0.5, 0.6) is 0 Å². The van der Waals surface area contributed by atoms with Crippen LogP contribution in [0.2, 0.25) is 0 Å². The molecule has 1 nitrogen and oxygen atoms in total. The van der Waals surface area contributed by atoms with Gasteiger partial charge in [-0.05, 0) is 36.8 Å². The minimum absolute atomic E-state index is 0.906. The molecular weight excluding hydrogens is 142 g/mol. The van der Waals surface area contributed by atoms with Gasteiger partial charge in [0.15, 0.2) is 0 Å². The molecule has 0 spiro atoms. The molecule has 0 saturated carbocycles. The van der Waals surface area contributed by atoms with E-state index < -0.39 is 0 Å². The Morgan fingerprint density at radius 1 is 1.60 bits per heavy atom. The zero-order valence-corrected chi connectivity index (χ0v) is 6.94. The second kappa shape index (κ2) is 3.62. The summed E-state index contributed by atoms with van der Waals surface area (Å²) >= 11 is 4.15. The van der Waals surface area contributed by atoms with E-state index in [1.807, 2.05) is 19.2 Å². The Morgan fingerprint density at radius 3 is 3.00 bits per heavy atom. The molecule has 0 aromatic carbocycles. The van der Waals surface area contributed by atoms with Gasteiger partial charge in [-0.15, -0.1) is 0 Å². The first-order chi connectivity index (χ1) is 4.83. The number of hydrogen-bond acceptors (Lipinski definition) is 2. The van der Waals surface area contributed by atoms with Crippen LogP contribution in [0.1, 0.15) is 11.3 Å². The van der Waals surface area contributed by atoms with Crippen molar-refractivity contribution in [3.63, 3.8) is 0 Å². The van der Waals surface area contributed by atoms with Crippen LogP contribution in [0.15, 0.2) is 18.3 Å². The lowest BCUT2D eigenvalue weighted by molar-refractivity contribution is 1.10. The molecule has 1 heterocycles. The van der Waals surface area contributed by atoms with E-state index in [9.17, 15) is 0 Å². The number of thiol groups is 1. The topological polar surface area (TPSA) is 12.9 Å². The molecule has 0 fully saturated rings. The van der Waals surface area contributed by atoms with Crippen molar-refractivity contribution in [1.82, 2.24) is 4.98 Å². The highest BCUT2D eigenvalue weighted by atomic mass is 32.1. The van der Waals surface area contributed by atoms with E-state index in [-0.39, 0.29) is 0 Å². The maximum Gasteiger partial charge on any atom is 0.0375 e. The summed E-state index contributed by atoms with van der Waals surface area (Å²) in [7, 11) is 0. The average molecular weight is 153 g/mol. The fourth-order valence-electron chi connectivity index (χ4n) is 0.889. The van der Waals surface area contributed by atoms with E-state index in [0.717, 1.165) is 17.9 Å². The summed E-state index contributed by atoms with van der Waals surface area (Å²) in [6.45, 7) is 2.00. The van der Waals surface area contributed by atoms with Crippen LogP contribution >= 0.6 is 12.6 Å². The molecular formula is C8H11NS. The Hall–Kier alpha value is -0.500. The molecule has 54 valence electrons. The van der Waals surface area contributed by atoms with Crippen LogP contribution in [0.3, 0.4) is 0 Å². The van der Waals surface area contributed by atoms with Gasteiger partial charge in [0.1, 0.15) is 0 Å². The minimum atomic E-state index is 0.906.